The van der Waals surface area contributed by atoms with E-state index in [9.17, 15) is 57.5 Å². The number of hydrogen-bond acceptors (Lipinski definition) is 20. The van der Waals surface area contributed by atoms with Crippen molar-refractivity contribution in [1.29, 1.82) is 0 Å². The van der Waals surface area contributed by atoms with Crippen molar-refractivity contribution < 1.29 is 95.4 Å². The molecule has 4 amide bonds. The molecule has 4 N–H and O–H groups in total. The highest BCUT2D eigenvalue weighted by Crippen LogP contribution is 2.36. The normalized spacial score (nSPS) is 19.5. The third-order valence-corrected chi connectivity index (χ3v) is 22.3. The molecule has 4 heterocycles. The van der Waals surface area contributed by atoms with Crippen molar-refractivity contribution in [1.82, 2.24) is 21.3 Å². The van der Waals surface area contributed by atoms with Crippen LogP contribution in [0.3, 0.4) is 0 Å². The minimum Gasteiger partial charge on any atom is -0.461 e. The SMILES string of the molecule is C=CCC[C@@H](C[C@@H]1OC(=O)[C@H]1CCCCCC)OC(=O)[C@H](CC(C)C)NC=O.CCCCCCCCCCC[C@@H](C[C@@H]1OC(=O)[C@H]1CCCCCC)OC(=O)CNC=O.CCCCCCCCCCC[C@H](C[C@@H]1OC(=O)[C@H]1C)OC(=O)CNC=O.CCCCCCCCCCC[C@H](C[C@@H]1OC(=O)[C@H]1CCCCCC)OC(=O)CNC=O. The zero-order valence-electron chi connectivity index (χ0n) is 73.7. The maximum absolute atomic E-state index is 12.5. The maximum Gasteiger partial charge on any atom is 0.328 e. The molecule has 4 aliphatic rings. The molecule has 4 rings (SSSR count). The Morgan fingerprint density at radius 2 is 0.629 bits per heavy atom. The van der Waals surface area contributed by atoms with Crippen LogP contribution in [0.15, 0.2) is 12.7 Å². The van der Waals surface area contributed by atoms with E-state index in [1.54, 1.807) is 6.08 Å². The van der Waals surface area contributed by atoms with Gasteiger partial charge < -0.3 is 59.2 Å². The number of ether oxygens (including phenoxy) is 8. The first-order valence-electron chi connectivity index (χ1n) is 46.2. The summed E-state index contributed by atoms with van der Waals surface area (Å²) >= 11 is 0. The summed E-state index contributed by atoms with van der Waals surface area (Å²) < 4.78 is 43.6. The van der Waals surface area contributed by atoms with Crippen molar-refractivity contribution in [2.75, 3.05) is 19.6 Å². The van der Waals surface area contributed by atoms with Crippen molar-refractivity contribution in [2.45, 2.75) is 451 Å². The summed E-state index contributed by atoms with van der Waals surface area (Å²) in [7, 11) is 0. The third kappa shape index (κ3) is 53.0. The summed E-state index contributed by atoms with van der Waals surface area (Å²) in [6, 6.07) is -0.655. The fourth-order valence-corrected chi connectivity index (χ4v) is 15.2. The molecule has 0 bridgehead atoms. The molecule has 4 fully saturated rings. The average molecular weight is 1640 g/mol. The van der Waals surface area contributed by atoms with Crippen LogP contribution in [-0.4, -0.2) is 148 Å². The second-order valence-corrected chi connectivity index (χ2v) is 33.1. The summed E-state index contributed by atoms with van der Waals surface area (Å²) in [6.07, 6.45) is 57.8. The van der Waals surface area contributed by atoms with Crippen molar-refractivity contribution in [3.05, 3.63) is 12.7 Å². The number of nitrogens with one attached hydrogen (secondary N) is 4. The van der Waals surface area contributed by atoms with Crippen LogP contribution in [0, 0.1) is 29.6 Å². The van der Waals surface area contributed by atoms with E-state index in [0.29, 0.717) is 70.6 Å². The molecule has 0 radical (unpaired) electrons. The molecule has 13 atom stereocenters. The molecule has 670 valence electrons. The predicted molar refractivity (Wildman–Crippen MR) is 453 cm³/mol. The van der Waals surface area contributed by atoms with Crippen molar-refractivity contribution in [2.24, 2.45) is 29.6 Å². The first kappa shape index (κ1) is 107. The number of carbonyl (C=O) groups is 12. The highest BCUT2D eigenvalue weighted by atomic mass is 16.6. The smallest absolute Gasteiger partial charge is 0.328 e. The fraction of sp³-hybridized carbons (Fsp3) is 0.848. The molecule has 0 saturated carbocycles. The Balaban J connectivity index is 0.000000775. The molecule has 4 saturated heterocycles. The van der Waals surface area contributed by atoms with Gasteiger partial charge in [-0.15, -0.1) is 6.58 Å². The van der Waals surface area contributed by atoms with Crippen LogP contribution in [0.5, 0.6) is 0 Å². The second kappa shape index (κ2) is 72.4. The largest absolute Gasteiger partial charge is 0.461 e. The molecular weight excluding hydrogens is 1480 g/mol. The summed E-state index contributed by atoms with van der Waals surface area (Å²) in [5.41, 5.74) is 0. The first-order chi connectivity index (χ1) is 56.2. The van der Waals surface area contributed by atoms with Gasteiger partial charge in [-0.25, -0.2) is 4.79 Å². The van der Waals surface area contributed by atoms with Crippen LogP contribution < -0.4 is 21.3 Å². The first-order valence-corrected chi connectivity index (χ1v) is 46.2. The van der Waals surface area contributed by atoms with Crippen LogP contribution in [0.1, 0.15) is 396 Å². The van der Waals surface area contributed by atoms with E-state index in [-0.39, 0.29) is 122 Å². The Morgan fingerprint density at radius 3 is 0.879 bits per heavy atom. The number of rotatable bonds is 74. The highest BCUT2D eigenvalue weighted by Gasteiger charge is 2.46. The molecule has 0 spiro atoms. The van der Waals surface area contributed by atoms with E-state index in [1.165, 1.54) is 167 Å². The molecule has 0 aromatic carbocycles. The standard InChI is InChI=1S/2C25H45NO5.C22H37NO5.C20H35NO5/c2*1-3-5-7-9-10-11-12-13-14-16-21(30-24(28)19-26-20-27)18-23-22(25(29)31-23)17-15-8-6-4-2;1-5-7-9-10-12-18-20(28-21(18)25)14-17(11-8-6-2)27-22(26)19(23-15-24)13-16(3)4;1-3-4-5-6-7-8-9-10-11-12-17(25-19(23)14-21-15-22)13-18-16(2)20(24)26-18/h2*20-23H,3-19H2,1-2H3,(H,26,27);6,15-20H,2,5,7-14H2,1,3-4H3,(H,23,24);15-18H,3-14H2,1-2H3,(H,21,22)/t21-,22+,23+;21-,22-,23-;17-,18-,19-,20-;16-,17+,18-/m1000/s1. The Kier molecular flexibility index (Phi) is 67.0. The lowest BCUT2D eigenvalue weighted by molar-refractivity contribution is -0.191. The van der Waals surface area contributed by atoms with Gasteiger partial charge in [-0.05, 0) is 89.9 Å². The molecule has 0 unspecified atom stereocenters. The second-order valence-electron chi connectivity index (χ2n) is 33.1. The van der Waals surface area contributed by atoms with Crippen molar-refractivity contribution >= 4 is 73.4 Å². The lowest BCUT2D eigenvalue weighted by Crippen LogP contribution is -2.48. The van der Waals surface area contributed by atoms with Gasteiger partial charge in [0.05, 0.1) is 23.7 Å². The number of allylic oxidation sites excluding steroid dienone is 1. The van der Waals surface area contributed by atoms with Crippen LogP contribution in [0.2, 0.25) is 0 Å². The van der Waals surface area contributed by atoms with Gasteiger partial charge in [-0.1, -0.05) is 293 Å². The van der Waals surface area contributed by atoms with E-state index in [4.69, 9.17) is 37.9 Å². The molecular formula is C92H162N4O20. The number of carbonyl (C=O) groups excluding carboxylic acids is 12. The maximum atomic E-state index is 12.5. The third-order valence-electron chi connectivity index (χ3n) is 22.3. The molecule has 24 nitrogen and oxygen atoms in total. The number of esters is 8. The Morgan fingerprint density at radius 1 is 0.362 bits per heavy atom. The van der Waals surface area contributed by atoms with Crippen molar-refractivity contribution in [3.8, 4) is 0 Å². The van der Waals surface area contributed by atoms with Gasteiger partial charge in [0.2, 0.25) is 25.6 Å². The summed E-state index contributed by atoms with van der Waals surface area (Å²) in [5, 5.41) is 9.58. The van der Waals surface area contributed by atoms with Gasteiger partial charge in [-0.2, -0.15) is 0 Å². The Labute approximate surface area is 699 Å². The Hall–Kier alpha value is -6.62. The molecule has 24 heteroatoms. The van der Waals surface area contributed by atoms with Gasteiger partial charge >= 0.3 is 47.8 Å². The van der Waals surface area contributed by atoms with Crippen LogP contribution >= 0.6 is 0 Å². The zero-order chi connectivity index (χ0) is 85.6. The van der Waals surface area contributed by atoms with E-state index in [2.05, 4.69) is 69.4 Å². The number of amides is 4. The summed E-state index contributed by atoms with van der Waals surface area (Å²) in [4.78, 5) is 137. The quantitative estimate of drug-likeness (QED) is 0.0144. The van der Waals surface area contributed by atoms with Crippen LogP contribution in [0.25, 0.3) is 0 Å². The minimum absolute atomic E-state index is 0.0609. The molecule has 0 aromatic heterocycles. The predicted octanol–water partition coefficient (Wildman–Crippen LogP) is 18.4. The highest BCUT2D eigenvalue weighted by molar-refractivity contribution is 5.81. The van der Waals surface area contributed by atoms with Gasteiger partial charge in [0.25, 0.3) is 0 Å². The number of cyclic esters (lactones) is 4. The summed E-state index contributed by atoms with van der Waals surface area (Å²) in [5.74, 6) is -2.40. The van der Waals surface area contributed by atoms with E-state index < -0.39 is 29.9 Å². The van der Waals surface area contributed by atoms with E-state index in [0.717, 1.165) is 122 Å². The van der Waals surface area contributed by atoms with Crippen LogP contribution in [0.4, 0.5) is 0 Å². The van der Waals surface area contributed by atoms with Gasteiger partial charge in [0, 0.05) is 25.7 Å². The van der Waals surface area contributed by atoms with Crippen LogP contribution in [-0.2, 0) is 95.4 Å². The summed E-state index contributed by atoms with van der Waals surface area (Å²) in [6.45, 7) is 22.4. The van der Waals surface area contributed by atoms with Gasteiger partial charge in [0.15, 0.2) is 0 Å². The Bertz CT molecular complexity index is 2520. The van der Waals surface area contributed by atoms with E-state index >= 15 is 0 Å². The average Bonchev–Trinajstić information content (AvgIpc) is 0.829. The van der Waals surface area contributed by atoms with Gasteiger partial charge in [-0.3, -0.25) is 52.7 Å². The fourth-order valence-electron chi connectivity index (χ4n) is 15.2. The lowest BCUT2D eigenvalue weighted by Gasteiger charge is -2.37. The molecule has 4 aliphatic heterocycles. The minimum atomic E-state index is -0.655. The molecule has 0 aliphatic carbocycles. The monoisotopic (exact) mass is 1640 g/mol. The number of unbranched alkanes of at least 4 members (excludes halogenated alkanes) is 33. The van der Waals surface area contributed by atoms with Gasteiger partial charge in [0.1, 0.15) is 74.5 Å². The zero-order valence-corrected chi connectivity index (χ0v) is 73.7. The topological polar surface area (TPSA) is 327 Å². The van der Waals surface area contributed by atoms with E-state index in [1.807, 2.05) is 20.8 Å². The molecule has 0 aromatic rings. The lowest BCUT2D eigenvalue weighted by atomic mass is 9.86. The molecule has 116 heavy (non-hydrogen) atoms. The number of hydrogen-bond donors (Lipinski definition) is 4. The van der Waals surface area contributed by atoms with Crippen molar-refractivity contribution in [3.63, 3.8) is 0 Å².